The fourth-order valence-corrected chi connectivity index (χ4v) is 5.70. The van der Waals surface area contributed by atoms with E-state index in [1.165, 1.54) is 0 Å². The summed E-state index contributed by atoms with van der Waals surface area (Å²) in [7, 11) is 2.13. The van der Waals surface area contributed by atoms with E-state index >= 15 is 0 Å². The van der Waals surface area contributed by atoms with Crippen molar-refractivity contribution in [1.29, 1.82) is 0 Å². The lowest BCUT2D eigenvalue weighted by molar-refractivity contribution is 0.0691. The largest absolute Gasteiger partial charge is 0.477 e. The van der Waals surface area contributed by atoms with Crippen LogP contribution in [0.25, 0.3) is 0 Å². The minimum absolute atomic E-state index is 0.0461. The van der Waals surface area contributed by atoms with Gasteiger partial charge < -0.3 is 10.2 Å². The Labute approximate surface area is 137 Å². The van der Waals surface area contributed by atoms with E-state index in [2.05, 4.69) is 8.75 Å². The lowest BCUT2D eigenvalue weighted by Gasteiger charge is -1.96. The molecule has 0 aromatic carbocycles. The molecular weight excluding hydrogens is 387 g/mol. The maximum Gasteiger partial charge on any atom is 0.349 e. The summed E-state index contributed by atoms with van der Waals surface area (Å²) in [5, 5.41) is 18.4. The van der Waals surface area contributed by atoms with Crippen molar-refractivity contribution >= 4 is 79.8 Å². The molecule has 0 unspecified atom stereocenters. The highest BCUT2D eigenvalue weighted by Gasteiger charge is 2.21. The molecule has 2 N–H and O–H groups in total. The monoisotopic (exact) mass is 388 g/mol. The van der Waals surface area contributed by atoms with Gasteiger partial charge in [0.15, 0.2) is 9.75 Å². The van der Waals surface area contributed by atoms with Gasteiger partial charge in [-0.05, 0) is 44.7 Å². The minimum Gasteiger partial charge on any atom is -0.477 e. The van der Waals surface area contributed by atoms with Crippen LogP contribution < -0.4 is 0 Å². The summed E-state index contributed by atoms with van der Waals surface area (Å²) in [6, 6.07) is 0. The van der Waals surface area contributed by atoms with Gasteiger partial charge in [0.1, 0.15) is 20.1 Å². The lowest BCUT2D eigenvalue weighted by atomic mass is 10.5. The van der Waals surface area contributed by atoms with Crippen LogP contribution in [0.1, 0.15) is 19.3 Å². The summed E-state index contributed by atoms with van der Waals surface area (Å²) in [6.07, 6.45) is 0. The fourth-order valence-electron chi connectivity index (χ4n) is 0.977. The molecule has 20 heavy (non-hydrogen) atoms. The average Bonchev–Trinajstić information content (AvgIpc) is 2.91. The number of hydrogen-bond acceptors (Lipinski definition) is 8. The third-order valence-electron chi connectivity index (χ3n) is 1.80. The van der Waals surface area contributed by atoms with Gasteiger partial charge in [0.25, 0.3) is 0 Å². The summed E-state index contributed by atoms with van der Waals surface area (Å²) in [5.41, 5.74) is 0. The van der Waals surface area contributed by atoms with E-state index in [4.69, 9.17) is 33.4 Å². The SMILES string of the molecule is O=C(O)c1snc(SSc2nsc(C(=O)O)c2Cl)c1Cl. The van der Waals surface area contributed by atoms with Gasteiger partial charge in [-0.2, -0.15) is 8.75 Å². The molecule has 2 aromatic heterocycles. The maximum atomic E-state index is 10.8. The Balaban J connectivity index is 2.13. The first kappa shape index (κ1) is 15.9. The van der Waals surface area contributed by atoms with E-state index in [-0.39, 0.29) is 19.8 Å². The molecule has 0 atom stereocenters. The average molecular weight is 389 g/mol. The zero-order valence-electron chi connectivity index (χ0n) is 8.99. The van der Waals surface area contributed by atoms with Crippen molar-refractivity contribution in [3.63, 3.8) is 0 Å². The van der Waals surface area contributed by atoms with Crippen molar-refractivity contribution in [3.8, 4) is 0 Å². The summed E-state index contributed by atoms with van der Waals surface area (Å²) in [5.74, 6) is -2.30. The van der Waals surface area contributed by atoms with Crippen LogP contribution in [-0.4, -0.2) is 30.9 Å². The number of aromatic carboxylic acids is 2. The van der Waals surface area contributed by atoms with Crippen LogP contribution in [0.5, 0.6) is 0 Å². The molecule has 106 valence electrons. The predicted molar refractivity (Wildman–Crippen MR) is 79.9 cm³/mol. The van der Waals surface area contributed by atoms with Gasteiger partial charge >= 0.3 is 11.9 Å². The van der Waals surface area contributed by atoms with Gasteiger partial charge in [-0.1, -0.05) is 23.2 Å². The molecule has 0 aliphatic carbocycles. The molecule has 0 aliphatic heterocycles. The second-order valence-electron chi connectivity index (χ2n) is 3.04. The molecule has 0 amide bonds. The van der Waals surface area contributed by atoms with Gasteiger partial charge in [0, 0.05) is 0 Å². The number of aromatic nitrogens is 2. The zero-order chi connectivity index (χ0) is 14.9. The van der Waals surface area contributed by atoms with Crippen molar-refractivity contribution < 1.29 is 19.8 Å². The Morgan fingerprint density at radius 3 is 1.50 bits per heavy atom. The van der Waals surface area contributed by atoms with Crippen LogP contribution in [0.2, 0.25) is 10.0 Å². The fraction of sp³-hybridized carbons (Fsp3) is 0. The number of halogens is 2. The molecule has 12 heteroatoms. The second-order valence-corrected chi connectivity index (χ2v) is 7.45. The molecule has 2 rings (SSSR count). The maximum absolute atomic E-state index is 10.8. The molecule has 0 saturated heterocycles. The van der Waals surface area contributed by atoms with Gasteiger partial charge in [0.05, 0.1) is 0 Å². The van der Waals surface area contributed by atoms with E-state index in [0.29, 0.717) is 10.1 Å². The van der Waals surface area contributed by atoms with Crippen molar-refractivity contribution in [3.05, 3.63) is 19.8 Å². The lowest BCUT2D eigenvalue weighted by Crippen LogP contribution is -1.92. The standard InChI is InChI=1S/C8H2Cl2N2O4S4/c9-1-3(7(13)14)17-11-5(1)19-20-6-2(10)4(8(15)16)18-12-6/h(H,13,14)(H,15,16). The second kappa shape index (κ2) is 6.50. The first-order chi connectivity index (χ1) is 9.41. The number of carbonyl (C=O) groups is 2. The van der Waals surface area contributed by atoms with Crippen LogP contribution in [0.3, 0.4) is 0 Å². The van der Waals surface area contributed by atoms with Crippen LogP contribution in [-0.2, 0) is 0 Å². The summed E-state index contributed by atoms with van der Waals surface area (Å²) < 4.78 is 7.82. The molecule has 0 bridgehead atoms. The quantitative estimate of drug-likeness (QED) is 0.737. The summed E-state index contributed by atoms with van der Waals surface area (Å²) >= 11 is 13.3. The minimum atomic E-state index is -1.15. The predicted octanol–water partition coefficient (Wildman–Crippen LogP) is 4.10. The molecule has 0 spiro atoms. The highest BCUT2D eigenvalue weighted by Crippen LogP contribution is 2.45. The molecule has 0 aliphatic rings. The molecule has 0 radical (unpaired) electrons. The molecule has 0 saturated carbocycles. The number of nitrogens with zero attached hydrogens (tertiary/aromatic N) is 2. The molecule has 6 nitrogen and oxygen atoms in total. The van der Waals surface area contributed by atoms with Crippen molar-refractivity contribution in [2.75, 3.05) is 0 Å². The van der Waals surface area contributed by atoms with E-state index < -0.39 is 11.9 Å². The van der Waals surface area contributed by atoms with E-state index in [9.17, 15) is 9.59 Å². The highest BCUT2D eigenvalue weighted by molar-refractivity contribution is 8.76. The van der Waals surface area contributed by atoms with Crippen LogP contribution in [0.4, 0.5) is 0 Å². The van der Waals surface area contributed by atoms with E-state index in [1.54, 1.807) is 0 Å². The summed E-state index contributed by atoms with van der Waals surface area (Å²) in [6.45, 7) is 0. The molecule has 0 fully saturated rings. The Kier molecular flexibility index (Phi) is 5.15. The van der Waals surface area contributed by atoms with Crippen LogP contribution in [0, 0.1) is 0 Å². The Morgan fingerprint density at radius 1 is 0.900 bits per heavy atom. The van der Waals surface area contributed by atoms with Gasteiger partial charge in [-0.25, -0.2) is 9.59 Å². The van der Waals surface area contributed by atoms with E-state index in [1.807, 2.05) is 0 Å². The number of carboxylic acids is 2. The first-order valence-corrected chi connectivity index (χ1v) is 8.98. The topological polar surface area (TPSA) is 100 Å². The number of rotatable bonds is 5. The summed E-state index contributed by atoms with van der Waals surface area (Å²) in [4.78, 5) is 21.5. The van der Waals surface area contributed by atoms with Gasteiger partial charge in [0.2, 0.25) is 0 Å². The first-order valence-electron chi connectivity index (χ1n) is 4.53. The molecule has 2 heterocycles. The van der Waals surface area contributed by atoms with Crippen molar-refractivity contribution in [2.24, 2.45) is 0 Å². The Morgan fingerprint density at radius 2 is 1.25 bits per heavy atom. The van der Waals surface area contributed by atoms with Crippen molar-refractivity contribution in [1.82, 2.24) is 8.75 Å². The smallest absolute Gasteiger partial charge is 0.349 e. The van der Waals surface area contributed by atoms with Crippen LogP contribution >= 0.6 is 67.9 Å². The van der Waals surface area contributed by atoms with Crippen molar-refractivity contribution in [2.45, 2.75) is 10.1 Å². The third kappa shape index (κ3) is 3.21. The molecule has 2 aromatic rings. The Bertz CT molecular complexity index is 628. The normalized spacial score (nSPS) is 10.7. The zero-order valence-corrected chi connectivity index (χ0v) is 13.8. The number of carboxylic acid groups (broad SMARTS) is 2. The number of hydrogen-bond donors (Lipinski definition) is 2. The molecular formula is C8H2Cl2N2O4S4. The third-order valence-corrected chi connectivity index (χ3v) is 7.07. The Hall–Kier alpha value is -0.520. The highest BCUT2D eigenvalue weighted by atomic mass is 35.5. The van der Waals surface area contributed by atoms with Gasteiger partial charge in [-0.3, -0.25) is 0 Å². The van der Waals surface area contributed by atoms with Crippen LogP contribution in [0.15, 0.2) is 10.1 Å². The van der Waals surface area contributed by atoms with Gasteiger partial charge in [-0.15, -0.1) is 0 Å². The van der Waals surface area contributed by atoms with E-state index in [0.717, 1.165) is 44.7 Å².